The molecule has 3 nitrogen and oxygen atoms in total. The number of rotatable bonds is 3. The maximum atomic E-state index is 12.5. The SMILES string of the molecule is CN=C(NCC#Cc1ccc(C(F)(F)F)cc1)NCC1(C)CCCS1.I. The Morgan fingerprint density at radius 3 is 2.50 bits per heavy atom. The molecule has 1 aliphatic heterocycles. The van der Waals surface area contributed by atoms with Crippen LogP contribution in [0, 0.1) is 11.8 Å². The van der Waals surface area contributed by atoms with Crippen LogP contribution < -0.4 is 10.6 Å². The maximum Gasteiger partial charge on any atom is 0.416 e. The zero-order valence-electron chi connectivity index (χ0n) is 14.7. The largest absolute Gasteiger partial charge is 0.416 e. The Morgan fingerprint density at radius 1 is 1.27 bits per heavy atom. The summed E-state index contributed by atoms with van der Waals surface area (Å²) in [6.45, 7) is 3.45. The molecule has 0 amide bonds. The predicted octanol–water partition coefficient (Wildman–Crippen LogP) is 4.13. The molecule has 0 aliphatic carbocycles. The van der Waals surface area contributed by atoms with Crippen LogP contribution in [-0.2, 0) is 6.18 Å². The molecule has 26 heavy (non-hydrogen) atoms. The summed E-state index contributed by atoms with van der Waals surface area (Å²) < 4.78 is 37.7. The van der Waals surface area contributed by atoms with Crippen molar-refractivity contribution in [1.82, 2.24) is 10.6 Å². The summed E-state index contributed by atoms with van der Waals surface area (Å²) >= 11 is 1.97. The lowest BCUT2D eigenvalue weighted by atomic mass is 10.1. The summed E-state index contributed by atoms with van der Waals surface area (Å²) in [5.74, 6) is 7.61. The third-order valence-electron chi connectivity index (χ3n) is 3.94. The van der Waals surface area contributed by atoms with Crippen molar-refractivity contribution in [2.45, 2.75) is 30.7 Å². The van der Waals surface area contributed by atoms with E-state index in [2.05, 4.69) is 34.4 Å². The molecule has 1 fully saturated rings. The Bertz CT molecular complexity index is 657. The van der Waals surface area contributed by atoms with Crippen LogP contribution in [0.2, 0.25) is 0 Å². The van der Waals surface area contributed by atoms with Gasteiger partial charge in [-0.1, -0.05) is 11.8 Å². The van der Waals surface area contributed by atoms with Gasteiger partial charge < -0.3 is 10.6 Å². The first kappa shape index (κ1) is 23.0. The van der Waals surface area contributed by atoms with Crippen molar-refractivity contribution in [3.05, 3.63) is 35.4 Å². The molecular weight excluding hydrogens is 474 g/mol. The van der Waals surface area contributed by atoms with Crippen molar-refractivity contribution in [2.24, 2.45) is 4.99 Å². The molecule has 0 saturated carbocycles. The summed E-state index contributed by atoms with van der Waals surface area (Å²) in [6.07, 6.45) is -1.89. The summed E-state index contributed by atoms with van der Waals surface area (Å²) in [5.41, 5.74) is -0.119. The zero-order chi connectivity index (χ0) is 18.3. The average Bonchev–Trinajstić information content (AvgIpc) is 3.01. The molecule has 0 bridgehead atoms. The molecule has 0 spiro atoms. The number of hydrogen-bond donors (Lipinski definition) is 2. The van der Waals surface area contributed by atoms with Crippen LogP contribution in [0.1, 0.15) is 30.9 Å². The van der Waals surface area contributed by atoms with Crippen LogP contribution in [0.5, 0.6) is 0 Å². The second kappa shape index (κ2) is 10.3. The van der Waals surface area contributed by atoms with Gasteiger partial charge in [0.1, 0.15) is 0 Å². The standard InChI is InChI=1S/C18H22F3N3S.HI/c1-17(10-4-12-25-17)13-24-16(22-2)23-11-3-5-14-6-8-15(9-7-14)18(19,20)21;/h6-9H,4,10-13H2,1-2H3,(H2,22,23,24);1H. The lowest BCUT2D eigenvalue weighted by molar-refractivity contribution is -0.137. The normalized spacial score (nSPS) is 20.0. The van der Waals surface area contributed by atoms with Crippen LogP contribution >= 0.6 is 35.7 Å². The number of alkyl halides is 3. The Hall–Kier alpha value is -1.08. The van der Waals surface area contributed by atoms with Gasteiger partial charge in [-0.15, -0.1) is 24.0 Å². The number of aliphatic imine (C=N–C) groups is 1. The fraction of sp³-hybridized carbons (Fsp3) is 0.500. The number of nitrogens with one attached hydrogen (secondary N) is 2. The zero-order valence-corrected chi connectivity index (χ0v) is 17.9. The van der Waals surface area contributed by atoms with Crippen molar-refractivity contribution in [1.29, 1.82) is 0 Å². The van der Waals surface area contributed by atoms with Gasteiger partial charge in [0.25, 0.3) is 0 Å². The Balaban J connectivity index is 0.00000338. The molecule has 0 radical (unpaired) electrons. The van der Waals surface area contributed by atoms with Gasteiger partial charge >= 0.3 is 6.18 Å². The fourth-order valence-electron chi connectivity index (χ4n) is 2.48. The van der Waals surface area contributed by atoms with Crippen LogP contribution in [0.4, 0.5) is 13.2 Å². The minimum atomic E-state index is -4.32. The van der Waals surface area contributed by atoms with Crippen molar-refractivity contribution in [2.75, 3.05) is 25.9 Å². The Kier molecular flexibility index (Phi) is 9.10. The van der Waals surface area contributed by atoms with E-state index in [0.29, 0.717) is 18.1 Å². The molecule has 144 valence electrons. The Labute approximate surface area is 174 Å². The fourth-order valence-corrected chi connectivity index (χ4v) is 3.73. The lowest BCUT2D eigenvalue weighted by Crippen LogP contribution is -2.43. The molecule has 1 atom stereocenters. The quantitative estimate of drug-likeness (QED) is 0.286. The van der Waals surface area contributed by atoms with E-state index in [1.54, 1.807) is 7.05 Å². The summed E-state index contributed by atoms with van der Waals surface area (Å²) in [4.78, 5) is 4.16. The van der Waals surface area contributed by atoms with E-state index in [4.69, 9.17) is 0 Å². The van der Waals surface area contributed by atoms with E-state index in [1.165, 1.54) is 30.7 Å². The van der Waals surface area contributed by atoms with E-state index in [1.807, 2.05) is 11.8 Å². The highest BCUT2D eigenvalue weighted by Gasteiger charge is 2.30. The number of guanidine groups is 1. The van der Waals surface area contributed by atoms with Crippen molar-refractivity contribution >= 4 is 41.7 Å². The topological polar surface area (TPSA) is 36.4 Å². The molecule has 1 aromatic carbocycles. The van der Waals surface area contributed by atoms with Crippen molar-refractivity contribution in [3.8, 4) is 11.8 Å². The number of nitrogens with zero attached hydrogens (tertiary/aromatic N) is 1. The highest BCUT2D eigenvalue weighted by atomic mass is 127. The summed E-state index contributed by atoms with van der Waals surface area (Å²) in [6, 6.07) is 4.83. The minimum absolute atomic E-state index is 0. The van der Waals surface area contributed by atoms with Gasteiger partial charge in [-0.25, -0.2) is 0 Å². The molecule has 1 unspecified atom stereocenters. The average molecular weight is 497 g/mol. The highest BCUT2D eigenvalue weighted by Crippen LogP contribution is 2.36. The van der Waals surface area contributed by atoms with Crippen molar-refractivity contribution < 1.29 is 13.2 Å². The first-order valence-corrected chi connectivity index (χ1v) is 9.06. The van der Waals surface area contributed by atoms with Gasteiger partial charge in [-0.05, 0) is 49.8 Å². The highest BCUT2D eigenvalue weighted by molar-refractivity contribution is 14.0. The second-order valence-electron chi connectivity index (χ2n) is 6.06. The van der Waals surface area contributed by atoms with E-state index in [0.717, 1.165) is 18.7 Å². The second-order valence-corrected chi connectivity index (χ2v) is 7.74. The van der Waals surface area contributed by atoms with Crippen LogP contribution in [0.3, 0.4) is 0 Å². The van der Waals surface area contributed by atoms with Gasteiger partial charge in [-0.2, -0.15) is 24.9 Å². The molecular formula is C18H23F3IN3S. The molecule has 2 N–H and O–H groups in total. The number of hydrogen-bond acceptors (Lipinski definition) is 2. The minimum Gasteiger partial charge on any atom is -0.355 e. The van der Waals surface area contributed by atoms with Gasteiger partial charge in [0, 0.05) is 23.9 Å². The van der Waals surface area contributed by atoms with Crippen LogP contribution in [0.15, 0.2) is 29.3 Å². The molecule has 2 rings (SSSR count). The molecule has 1 aromatic rings. The van der Waals surface area contributed by atoms with Gasteiger partial charge in [0.05, 0.1) is 12.1 Å². The molecule has 1 heterocycles. The van der Waals surface area contributed by atoms with Crippen LogP contribution in [-0.4, -0.2) is 36.6 Å². The molecule has 8 heteroatoms. The van der Waals surface area contributed by atoms with Gasteiger partial charge in [0.2, 0.25) is 0 Å². The lowest BCUT2D eigenvalue weighted by Gasteiger charge is -2.24. The monoisotopic (exact) mass is 497 g/mol. The third-order valence-corrected chi connectivity index (χ3v) is 5.48. The first-order valence-electron chi connectivity index (χ1n) is 8.07. The predicted molar refractivity (Wildman–Crippen MR) is 113 cm³/mol. The van der Waals surface area contributed by atoms with E-state index >= 15 is 0 Å². The number of thioether (sulfide) groups is 1. The third kappa shape index (κ3) is 7.27. The van der Waals surface area contributed by atoms with Crippen molar-refractivity contribution in [3.63, 3.8) is 0 Å². The molecule has 0 aromatic heterocycles. The summed E-state index contributed by atoms with van der Waals surface area (Å²) in [7, 11) is 1.70. The molecule has 1 aliphatic rings. The van der Waals surface area contributed by atoms with Gasteiger partial charge in [-0.3, -0.25) is 4.99 Å². The first-order chi connectivity index (χ1) is 11.8. The van der Waals surface area contributed by atoms with E-state index < -0.39 is 11.7 Å². The smallest absolute Gasteiger partial charge is 0.355 e. The van der Waals surface area contributed by atoms with Crippen LogP contribution in [0.25, 0.3) is 0 Å². The Morgan fingerprint density at radius 2 is 1.96 bits per heavy atom. The van der Waals surface area contributed by atoms with E-state index in [9.17, 15) is 13.2 Å². The van der Waals surface area contributed by atoms with E-state index in [-0.39, 0.29) is 28.7 Å². The number of halogens is 4. The molecule has 1 saturated heterocycles. The number of benzene rings is 1. The summed E-state index contributed by atoms with van der Waals surface area (Å²) in [5, 5.41) is 6.39. The maximum absolute atomic E-state index is 12.5. The van der Waals surface area contributed by atoms with Gasteiger partial charge in [0.15, 0.2) is 5.96 Å².